The monoisotopic (exact) mass is 553 g/mol. The van der Waals surface area contributed by atoms with Crippen molar-refractivity contribution in [2.24, 2.45) is 23.2 Å². The van der Waals surface area contributed by atoms with Crippen molar-refractivity contribution in [2.45, 2.75) is 12.8 Å². The summed E-state index contributed by atoms with van der Waals surface area (Å²) in [7, 11) is 0. The first-order chi connectivity index (χ1) is 20.0. The van der Waals surface area contributed by atoms with E-state index in [1.54, 1.807) is 42.6 Å². The highest BCUT2D eigenvalue weighted by Crippen LogP contribution is 2.51. The minimum Gasteiger partial charge on any atom is -0.493 e. The van der Waals surface area contributed by atoms with E-state index in [1.165, 1.54) is 12.1 Å². The quantitative estimate of drug-likeness (QED) is 0.255. The Morgan fingerprint density at radius 1 is 0.902 bits per heavy atom. The maximum Gasteiger partial charge on any atom is 0.240 e. The first-order valence-corrected chi connectivity index (χ1v) is 13.7. The molecule has 2 heterocycles. The summed E-state index contributed by atoms with van der Waals surface area (Å²) in [5, 5.41) is 6.19. The number of para-hydroxylation sites is 1. The maximum absolute atomic E-state index is 15.1. The summed E-state index contributed by atoms with van der Waals surface area (Å²) in [5.74, 6) is 1.49. The van der Waals surface area contributed by atoms with E-state index >= 15 is 4.39 Å². The molecule has 1 aromatic heterocycles. The summed E-state index contributed by atoms with van der Waals surface area (Å²) in [6.07, 6.45) is 2.46. The number of pyridine rings is 1. The van der Waals surface area contributed by atoms with Gasteiger partial charge >= 0.3 is 0 Å². The van der Waals surface area contributed by atoms with Crippen LogP contribution in [0, 0.1) is 29.0 Å². The zero-order chi connectivity index (χ0) is 28.0. The fourth-order valence-electron chi connectivity index (χ4n) is 5.56. The van der Waals surface area contributed by atoms with Crippen LogP contribution in [0.2, 0.25) is 0 Å². The molecule has 2 aliphatic carbocycles. The van der Waals surface area contributed by atoms with E-state index in [4.69, 9.17) is 14.2 Å². The maximum atomic E-state index is 15.1. The Labute approximate surface area is 235 Å². The second-order valence-electron chi connectivity index (χ2n) is 10.9. The van der Waals surface area contributed by atoms with Gasteiger partial charge in [-0.2, -0.15) is 0 Å². The van der Waals surface area contributed by atoms with E-state index < -0.39 is 17.1 Å². The summed E-state index contributed by atoms with van der Waals surface area (Å²) >= 11 is 0. The molecule has 2 N–H and O–H groups in total. The van der Waals surface area contributed by atoms with Crippen molar-refractivity contribution in [3.05, 3.63) is 84.8 Å². The topological polar surface area (TPSA) is 98.8 Å². The molecule has 3 aliphatic rings. The van der Waals surface area contributed by atoms with Crippen LogP contribution >= 0.6 is 0 Å². The molecule has 2 unspecified atom stereocenters. The number of hydrogen-bond acceptors (Lipinski definition) is 6. The van der Waals surface area contributed by atoms with Crippen molar-refractivity contribution in [1.82, 2.24) is 4.98 Å². The number of fused-ring (bicyclic) bond motifs is 2. The van der Waals surface area contributed by atoms with Crippen LogP contribution in [0.1, 0.15) is 12.8 Å². The van der Waals surface area contributed by atoms with Crippen LogP contribution in [0.5, 0.6) is 17.2 Å². The molecule has 1 aliphatic heterocycles. The number of benzene rings is 3. The number of ether oxygens (including phenoxy) is 3. The van der Waals surface area contributed by atoms with Gasteiger partial charge in [0.2, 0.25) is 11.8 Å². The van der Waals surface area contributed by atoms with Crippen molar-refractivity contribution >= 4 is 34.1 Å². The Bertz CT molecular complexity index is 1630. The normalized spacial score (nSPS) is 21.5. The lowest BCUT2D eigenvalue weighted by atomic mass is 10.0. The smallest absolute Gasteiger partial charge is 0.240 e. The number of rotatable bonds is 9. The van der Waals surface area contributed by atoms with E-state index in [1.807, 2.05) is 24.3 Å². The van der Waals surface area contributed by atoms with Crippen LogP contribution in [-0.4, -0.2) is 36.6 Å². The molecule has 41 heavy (non-hydrogen) atoms. The molecular weight excluding hydrogens is 525 g/mol. The third kappa shape index (κ3) is 4.97. The van der Waals surface area contributed by atoms with Crippen molar-refractivity contribution in [3.8, 4) is 17.2 Å². The largest absolute Gasteiger partial charge is 0.493 e. The summed E-state index contributed by atoms with van der Waals surface area (Å²) in [6, 6.07) is 20.4. The summed E-state index contributed by atoms with van der Waals surface area (Å²) in [4.78, 5) is 30.2. The Morgan fingerprint density at radius 2 is 1.66 bits per heavy atom. The minimum absolute atomic E-state index is 0.00118. The number of aromatic nitrogens is 1. The second kappa shape index (κ2) is 10.2. The fourth-order valence-corrected chi connectivity index (χ4v) is 5.56. The van der Waals surface area contributed by atoms with Crippen LogP contribution in [-0.2, 0) is 14.3 Å². The number of carbonyl (C=O) groups is 2. The predicted molar refractivity (Wildman–Crippen MR) is 150 cm³/mol. The number of carbonyl (C=O) groups excluding carboxylic acids is 2. The lowest BCUT2D eigenvalue weighted by Crippen LogP contribution is -2.35. The van der Waals surface area contributed by atoms with E-state index in [2.05, 4.69) is 15.6 Å². The van der Waals surface area contributed by atoms with Crippen LogP contribution < -0.4 is 20.1 Å². The number of nitrogens with one attached hydrogen (secondary N) is 2. The van der Waals surface area contributed by atoms with Crippen molar-refractivity contribution in [2.75, 3.05) is 30.5 Å². The highest BCUT2D eigenvalue weighted by Gasteiger charge is 2.56. The molecule has 9 heteroatoms. The van der Waals surface area contributed by atoms with Gasteiger partial charge < -0.3 is 24.8 Å². The molecule has 0 radical (unpaired) electrons. The minimum atomic E-state index is -1.16. The van der Waals surface area contributed by atoms with Crippen molar-refractivity contribution in [1.29, 1.82) is 0 Å². The van der Waals surface area contributed by atoms with Crippen LogP contribution in [0.25, 0.3) is 10.9 Å². The molecule has 3 fully saturated rings. The average molecular weight is 554 g/mol. The Hall–Kier alpha value is -4.50. The number of nitrogens with zero attached hydrogens (tertiary/aromatic N) is 1. The van der Waals surface area contributed by atoms with Crippen LogP contribution in [0.4, 0.5) is 15.8 Å². The van der Waals surface area contributed by atoms with E-state index in [9.17, 15) is 9.59 Å². The lowest BCUT2D eigenvalue weighted by Gasteiger charge is -2.16. The van der Waals surface area contributed by atoms with Gasteiger partial charge in [-0.05, 0) is 67.1 Å². The number of anilines is 2. The first kappa shape index (κ1) is 25.5. The van der Waals surface area contributed by atoms with Gasteiger partial charge in [0.1, 0.15) is 16.9 Å². The number of hydrogen-bond donors (Lipinski definition) is 2. The van der Waals surface area contributed by atoms with Gasteiger partial charge in [0.15, 0.2) is 11.6 Å². The van der Waals surface area contributed by atoms with Crippen LogP contribution in [0.3, 0.4) is 0 Å². The van der Waals surface area contributed by atoms with Gasteiger partial charge in [-0.15, -0.1) is 0 Å². The molecule has 8 nitrogen and oxygen atoms in total. The van der Waals surface area contributed by atoms with Crippen LogP contribution in [0.15, 0.2) is 79.0 Å². The summed E-state index contributed by atoms with van der Waals surface area (Å²) in [6.45, 7) is 2.32. The number of amides is 2. The fraction of sp³-hybridized carbons (Fsp3) is 0.281. The molecule has 2 saturated carbocycles. The Morgan fingerprint density at radius 3 is 2.39 bits per heavy atom. The Balaban J connectivity index is 1.00. The van der Waals surface area contributed by atoms with Gasteiger partial charge in [-0.3, -0.25) is 14.6 Å². The SMILES string of the molecule is O=C(Nc1ccccc1)C1(C(=O)Nc2ccc(Oc3ccnc4cc(OCC5C6COCC65)ccc34)c(F)c2)CC1. The van der Waals surface area contributed by atoms with Crippen molar-refractivity contribution < 1.29 is 28.2 Å². The van der Waals surface area contributed by atoms with E-state index in [0.29, 0.717) is 59.5 Å². The zero-order valence-electron chi connectivity index (χ0n) is 22.1. The zero-order valence-corrected chi connectivity index (χ0v) is 22.1. The first-order valence-electron chi connectivity index (χ1n) is 13.7. The summed E-state index contributed by atoms with van der Waals surface area (Å²) < 4.78 is 32.5. The third-order valence-corrected chi connectivity index (χ3v) is 8.31. The number of halogens is 1. The van der Waals surface area contributed by atoms with Gasteiger partial charge in [0.05, 0.1) is 25.3 Å². The molecule has 0 bridgehead atoms. The predicted octanol–water partition coefficient (Wildman–Crippen LogP) is 5.79. The van der Waals surface area contributed by atoms with Gasteiger partial charge in [-0.25, -0.2) is 4.39 Å². The van der Waals surface area contributed by atoms with Gasteiger partial charge in [-0.1, -0.05) is 18.2 Å². The average Bonchev–Trinajstić information content (AvgIpc) is 3.88. The second-order valence-corrected chi connectivity index (χ2v) is 10.9. The molecule has 1 saturated heterocycles. The molecule has 4 aromatic rings. The summed E-state index contributed by atoms with van der Waals surface area (Å²) in [5.41, 5.74) is 0.373. The van der Waals surface area contributed by atoms with Gasteiger partial charge in [0.25, 0.3) is 0 Å². The van der Waals surface area contributed by atoms with E-state index in [0.717, 1.165) is 19.0 Å². The molecule has 2 atom stereocenters. The molecule has 2 amide bonds. The third-order valence-electron chi connectivity index (χ3n) is 8.31. The van der Waals surface area contributed by atoms with Gasteiger partial charge in [0, 0.05) is 41.0 Å². The molecule has 0 spiro atoms. The lowest BCUT2D eigenvalue weighted by molar-refractivity contribution is -0.131. The molecule has 3 aromatic carbocycles. The molecule has 208 valence electrons. The molecule has 7 rings (SSSR count). The van der Waals surface area contributed by atoms with E-state index in [-0.39, 0.29) is 17.3 Å². The Kier molecular flexibility index (Phi) is 6.31. The molecular formula is C32H28FN3O5. The highest BCUT2D eigenvalue weighted by atomic mass is 19.1. The standard InChI is InChI=1S/C32H28FN3O5/c33-26-14-20(36-31(38)32(11-12-32)30(37)35-19-4-2-1-3-5-19)6-9-29(26)41-28-10-13-34-27-15-21(7-8-22(27)28)40-18-25-23-16-39-17-24(23)25/h1-10,13-15,23-25H,11-12,16-18H2,(H,35,37)(H,36,38). The van der Waals surface area contributed by atoms with Crippen molar-refractivity contribution in [3.63, 3.8) is 0 Å². The highest BCUT2D eigenvalue weighted by molar-refractivity contribution is 6.16.